The van der Waals surface area contributed by atoms with E-state index in [0.717, 1.165) is 94.3 Å². The second-order valence-electron chi connectivity index (χ2n) is 18.6. The molecule has 7 N–H and O–H groups in total. The van der Waals surface area contributed by atoms with E-state index in [9.17, 15) is 44.4 Å². The van der Waals surface area contributed by atoms with Crippen molar-refractivity contribution in [3.63, 3.8) is 0 Å². The summed E-state index contributed by atoms with van der Waals surface area (Å²) in [6.45, 7) is -2.37. The number of nitrogens with one attached hydrogen (secondary N) is 3. The van der Waals surface area contributed by atoms with Crippen molar-refractivity contribution in [2.24, 2.45) is 0 Å². The number of benzene rings is 4. The van der Waals surface area contributed by atoms with Gasteiger partial charge >= 0.3 is 23.9 Å². The molecule has 0 unspecified atom stereocenters. The highest BCUT2D eigenvalue weighted by molar-refractivity contribution is 6.00. The Morgan fingerprint density at radius 2 is 0.731 bits per heavy atom. The second-order valence-corrected chi connectivity index (χ2v) is 18.6. The molecular weight excluding hydrogens is 993 g/mol. The fraction of sp³-hybridized carbons (Fsp3) is 0.183. The summed E-state index contributed by atoms with van der Waals surface area (Å²) in [6.07, 6.45) is 8.22. The summed E-state index contributed by atoms with van der Waals surface area (Å²) >= 11 is 0. The van der Waals surface area contributed by atoms with E-state index in [1.807, 2.05) is 91.0 Å². The first-order valence-corrected chi connectivity index (χ1v) is 25.2. The molecule has 2 aliphatic rings. The van der Waals surface area contributed by atoms with Crippen LogP contribution in [0.4, 0.5) is 0 Å². The van der Waals surface area contributed by atoms with Crippen LogP contribution in [0.2, 0.25) is 0 Å². The number of aromatic amines is 2. The number of H-pyrrole nitrogens is 2. The SMILES string of the molecule is O=C(O)CN(CCN(CC(=O)O)CC(=O)O)CCN(CC(=O)O)CC(=O)NCCOc1ccc(-c2c3nc(c(-c4ccccc4)c4ccc([nH]4)c(-c4ccccc4)c4nc(c(-c5ccccc5)c5ccc2[nH]5)C=C4)C=C3)cc1. The third kappa shape index (κ3) is 13.5. The number of hydrogen-bond donors (Lipinski definition) is 7. The number of aliphatic carboxylic acids is 4. The molecule has 396 valence electrons. The topological polar surface area (TPSA) is 255 Å². The maximum absolute atomic E-state index is 13.1. The lowest BCUT2D eigenvalue weighted by atomic mass is 10.0. The molecule has 0 fully saturated rings. The maximum Gasteiger partial charge on any atom is 0.317 e. The molecule has 9 rings (SSSR count). The monoisotopic (exact) mass is 1050 g/mol. The number of carboxylic acid groups (broad SMARTS) is 4. The molecule has 0 saturated heterocycles. The van der Waals surface area contributed by atoms with E-state index in [0.29, 0.717) is 5.75 Å². The zero-order valence-electron chi connectivity index (χ0n) is 42.3. The Hall–Kier alpha value is -9.49. The fourth-order valence-electron chi connectivity index (χ4n) is 9.60. The lowest BCUT2D eigenvalue weighted by molar-refractivity contribution is -0.143. The highest BCUT2D eigenvalue weighted by atomic mass is 16.5. The fourth-order valence-corrected chi connectivity index (χ4v) is 9.60. The predicted octanol–water partition coefficient (Wildman–Crippen LogP) is 8.06. The quantitative estimate of drug-likeness (QED) is 0.0283. The van der Waals surface area contributed by atoms with E-state index >= 15 is 0 Å². The zero-order chi connectivity index (χ0) is 54.5. The predicted molar refractivity (Wildman–Crippen MR) is 299 cm³/mol. The molecule has 8 bridgehead atoms. The summed E-state index contributed by atoms with van der Waals surface area (Å²) < 4.78 is 6.07. The van der Waals surface area contributed by atoms with Gasteiger partial charge in [0, 0.05) is 70.5 Å². The summed E-state index contributed by atoms with van der Waals surface area (Å²) in [7, 11) is 0. The average molecular weight is 1050 g/mol. The van der Waals surface area contributed by atoms with Gasteiger partial charge in [0.2, 0.25) is 5.91 Å². The van der Waals surface area contributed by atoms with Crippen LogP contribution < -0.4 is 10.1 Å². The van der Waals surface area contributed by atoms with Crippen molar-refractivity contribution >= 4 is 76.2 Å². The van der Waals surface area contributed by atoms with Crippen molar-refractivity contribution in [2.45, 2.75) is 0 Å². The number of carbonyl (C=O) groups excluding carboxylic acids is 1. The Morgan fingerprint density at radius 1 is 0.410 bits per heavy atom. The molecule has 3 aromatic heterocycles. The standard InChI is InChI=1S/C60H56N8O10/c69-52(34-67(36-54(72)73)31-29-66(35-53(70)71)30-32-68(37-55(74)75)38-56(76)77)61-28-33-78-43-18-16-42(17-19-43)60-50-26-24-48(64-50)58(40-12-6-2-7-13-40)46-22-20-44(62-46)57(39-10-4-1-5-11-39)45-21-23-47(63-45)59(41-14-8-3-9-15-41)49-25-27-51(60)65-49/h1-27,62,65H,28-38H2,(H,61,69)(H,70,71)(H,72,73)(H,74,75)(H,76,77). The average Bonchev–Trinajstić information content (AvgIpc) is 4.40. The van der Waals surface area contributed by atoms with Crippen LogP contribution in [0.1, 0.15) is 22.8 Å². The second kappa shape index (κ2) is 24.9. The number of ether oxygens (including phenoxy) is 1. The number of rotatable bonds is 24. The van der Waals surface area contributed by atoms with Crippen LogP contribution in [-0.4, -0.2) is 157 Å². The first kappa shape index (κ1) is 53.3. The molecule has 0 radical (unpaired) electrons. The summed E-state index contributed by atoms with van der Waals surface area (Å²) in [5.74, 6) is -4.84. The molecule has 18 nitrogen and oxygen atoms in total. The van der Waals surface area contributed by atoms with Gasteiger partial charge in [-0.2, -0.15) is 0 Å². The Morgan fingerprint density at radius 3 is 1.09 bits per heavy atom. The van der Waals surface area contributed by atoms with Crippen molar-refractivity contribution < 1.29 is 49.1 Å². The molecular formula is C60H56N8O10. The summed E-state index contributed by atoms with van der Waals surface area (Å²) in [4.78, 5) is 81.2. The van der Waals surface area contributed by atoms with Gasteiger partial charge in [-0.15, -0.1) is 0 Å². The lowest BCUT2D eigenvalue weighted by Gasteiger charge is -2.27. The Kier molecular flexibility index (Phi) is 17.0. The lowest BCUT2D eigenvalue weighted by Crippen LogP contribution is -2.46. The smallest absolute Gasteiger partial charge is 0.317 e. The molecule has 0 atom stereocenters. The number of carbonyl (C=O) groups is 5. The first-order chi connectivity index (χ1) is 37.8. The molecule has 7 aromatic rings. The molecule has 18 heteroatoms. The van der Waals surface area contributed by atoms with E-state index in [1.165, 1.54) is 9.80 Å². The molecule has 4 aromatic carbocycles. The maximum atomic E-state index is 13.1. The van der Waals surface area contributed by atoms with Crippen molar-refractivity contribution in [2.75, 3.05) is 72.1 Å². The summed E-state index contributed by atoms with van der Waals surface area (Å²) in [5, 5.41) is 40.2. The van der Waals surface area contributed by atoms with Crippen molar-refractivity contribution in [3.05, 3.63) is 162 Å². The van der Waals surface area contributed by atoms with E-state index in [1.54, 1.807) is 0 Å². The number of nitrogens with zero attached hydrogens (tertiary/aromatic N) is 5. The summed E-state index contributed by atoms with van der Waals surface area (Å²) in [6, 6.07) is 46.6. The number of aromatic nitrogens is 4. The third-order valence-electron chi connectivity index (χ3n) is 13.0. The molecule has 0 aliphatic carbocycles. The number of hydrogen-bond acceptors (Lipinski definition) is 11. The molecule has 0 spiro atoms. The molecule has 0 saturated carbocycles. The number of amides is 1. The van der Waals surface area contributed by atoms with Crippen molar-refractivity contribution in [1.82, 2.24) is 40.0 Å². The minimum Gasteiger partial charge on any atom is -0.492 e. The van der Waals surface area contributed by atoms with Gasteiger partial charge in [0.05, 0.1) is 62.0 Å². The van der Waals surface area contributed by atoms with Crippen LogP contribution >= 0.6 is 0 Å². The van der Waals surface area contributed by atoms with Crippen LogP contribution in [0.15, 0.2) is 140 Å². The first-order valence-electron chi connectivity index (χ1n) is 25.2. The largest absolute Gasteiger partial charge is 0.492 e. The van der Waals surface area contributed by atoms with Gasteiger partial charge in [0.1, 0.15) is 12.4 Å². The molecule has 1 amide bonds. The number of fused-ring (bicyclic) bond motifs is 8. The van der Waals surface area contributed by atoms with E-state index < -0.39 is 56.0 Å². The van der Waals surface area contributed by atoms with Gasteiger partial charge in [-0.1, -0.05) is 103 Å². The van der Waals surface area contributed by atoms with Crippen LogP contribution in [0, 0.1) is 0 Å². The van der Waals surface area contributed by atoms with E-state index in [2.05, 4.69) is 88.1 Å². The summed E-state index contributed by atoms with van der Waals surface area (Å²) in [5.41, 5.74) is 14.1. The van der Waals surface area contributed by atoms with Crippen LogP contribution in [-0.2, 0) is 24.0 Å². The minimum absolute atomic E-state index is 0.00390. The Bertz CT molecular complexity index is 3510. The number of carboxylic acids is 4. The highest BCUT2D eigenvalue weighted by Gasteiger charge is 2.22. The normalized spacial score (nSPS) is 11.8. The van der Waals surface area contributed by atoms with Crippen molar-refractivity contribution in [3.8, 4) is 50.3 Å². The van der Waals surface area contributed by atoms with Crippen LogP contribution in [0.25, 0.3) is 90.9 Å². The van der Waals surface area contributed by atoms with Crippen molar-refractivity contribution in [1.29, 1.82) is 0 Å². The molecule has 78 heavy (non-hydrogen) atoms. The van der Waals surface area contributed by atoms with Gasteiger partial charge in [-0.25, -0.2) is 9.97 Å². The Balaban J connectivity index is 0.982. The third-order valence-corrected chi connectivity index (χ3v) is 13.0. The van der Waals surface area contributed by atoms with Gasteiger partial charge in [-0.05, 0) is 83.0 Å². The van der Waals surface area contributed by atoms with Gasteiger partial charge < -0.3 is 40.4 Å². The Labute approximate surface area is 448 Å². The van der Waals surface area contributed by atoms with E-state index in [-0.39, 0.29) is 45.9 Å². The highest BCUT2D eigenvalue weighted by Crippen LogP contribution is 2.38. The van der Waals surface area contributed by atoms with Gasteiger partial charge in [0.15, 0.2) is 0 Å². The van der Waals surface area contributed by atoms with Crippen LogP contribution in [0.3, 0.4) is 0 Å². The zero-order valence-corrected chi connectivity index (χ0v) is 42.3. The van der Waals surface area contributed by atoms with Gasteiger partial charge in [-0.3, -0.25) is 38.7 Å². The van der Waals surface area contributed by atoms with Crippen LogP contribution in [0.5, 0.6) is 5.75 Å². The molecule has 5 heterocycles. The van der Waals surface area contributed by atoms with E-state index in [4.69, 9.17) is 14.7 Å². The minimum atomic E-state index is -1.25. The van der Waals surface area contributed by atoms with Gasteiger partial charge in [0.25, 0.3) is 0 Å². The molecule has 2 aliphatic heterocycles.